The number of nitrogens with one attached hydrogen (secondary N) is 1. The first-order valence-corrected chi connectivity index (χ1v) is 8.17. The van der Waals surface area contributed by atoms with Gasteiger partial charge in [0.2, 0.25) is 10.0 Å². The second kappa shape index (κ2) is 7.02. The SMILES string of the molecule is N#Cc1ccccc1CS(=O)(=O)NCCCn1ccnc1. The minimum Gasteiger partial charge on any atom is -0.337 e. The van der Waals surface area contributed by atoms with Gasteiger partial charge in [-0.05, 0) is 18.1 Å². The van der Waals surface area contributed by atoms with E-state index in [9.17, 15) is 8.42 Å². The summed E-state index contributed by atoms with van der Waals surface area (Å²) in [6.45, 7) is 1.06. The Morgan fingerprint density at radius 3 is 2.86 bits per heavy atom. The maximum absolute atomic E-state index is 12.0. The first-order chi connectivity index (χ1) is 10.1. The van der Waals surface area contributed by atoms with Gasteiger partial charge in [-0.25, -0.2) is 18.1 Å². The van der Waals surface area contributed by atoms with Crippen LogP contribution in [0.15, 0.2) is 43.0 Å². The zero-order chi connectivity index (χ0) is 15.1. The normalized spacial score (nSPS) is 11.2. The van der Waals surface area contributed by atoms with Gasteiger partial charge in [0.1, 0.15) is 0 Å². The summed E-state index contributed by atoms with van der Waals surface area (Å²) in [6.07, 6.45) is 5.88. The molecule has 0 bridgehead atoms. The lowest BCUT2D eigenvalue weighted by Crippen LogP contribution is -2.27. The van der Waals surface area contributed by atoms with E-state index in [0.717, 1.165) is 0 Å². The van der Waals surface area contributed by atoms with Crippen molar-refractivity contribution in [2.24, 2.45) is 0 Å². The topological polar surface area (TPSA) is 87.8 Å². The molecule has 1 aromatic carbocycles. The molecule has 0 aliphatic heterocycles. The minimum atomic E-state index is -3.43. The molecule has 0 radical (unpaired) electrons. The van der Waals surface area contributed by atoms with Gasteiger partial charge in [0.05, 0.1) is 23.7 Å². The molecule has 0 fully saturated rings. The fourth-order valence-corrected chi connectivity index (χ4v) is 3.14. The summed E-state index contributed by atoms with van der Waals surface area (Å²) >= 11 is 0. The third kappa shape index (κ3) is 4.70. The average Bonchev–Trinajstić information content (AvgIpc) is 2.97. The van der Waals surface area contributed by atoms with Gasteiger partial charge in [-0.2, -0.15) is 5.26 Å². The lowest BCUT2D eigenvalue weighted by atomic mass is 10.1. The molecule has 0 saturated carbocycles. The van der Waals surface area contributed by atoms with E-state index in [2.05, 4.69) is 9.71 Å². The van der Waals surface area contributed by atoms with E-state index in [0.29, 0.717) is 30.6 Å². The molecule has 0 aliphatic carbocycles. The molecule has 7 heteroatoms. The predicted octanol–water partition coefficient (Wildman–Crippen LogP) is 1.26. The largest absolute Gasteiger partial charge is 0.337 e. The molecule has 0 spiro atoms. The predicted molar refractivity (Wildman–Crippen MR) is 78.6 cm³/mol. The number of hydrogen-bond acceptors (Lipinski definition) is 4. The fraction of sp³-hybridized carbons (Fsp3) is 0.286. The number of aryl methyl sites for hydroxylation is 1. The minimum absolute atomic E-state index is 0.179. The molecule has 0 aliphatic rings. The molecule has 1 aromatic heterocycles. The van der Waals surface area contributed by atoms with Gasteiger partial charge in [-0.15, -0.1) is 0 Å². The molecule has 110 valence electrons. The number of sulfonamides is 1. The smallest absolute Gasteiger partial charge is 0.215 e. The number of imidazole rings is 1. The van der Waals surface area contributed by atoms with Crippen molar-refractivity contribution in [1.82, 2.24) is 14.3 Å². The average molecular weight is 304 g/mol. The number of nitriles is 1. The highest BCUT2D eigenvalue weighted by atomic mass is 32.2. The number of aromatic nitrogens is 2. The molecule has 21 heavy (non-hydrogen) atoms. The van der Waals surface area contributed by atoms with Crippen molar-refractivity contribution in [2.75, 3.05) is 6.54 Å². The third-order valence-electron chi connectivity index (χ3n) is 2.96. The van der Waals surface area contributed by atoms with Crippen LogP contribution in [0.4, 0.5) is 0 Å². The van der Waals surface area contributed by atoms with Gasteiger partial charge >= 0.3 is 0 Å². The van der Waals surface area contributed by atoms with Crippen molar-refractivity contribution < 1.29 is 8.42 Å². The van der Waals surface area contributed by atoms with Gasteiger partial charge in [0.25, 0.3) is 0 Å². The van der Waals surface area contributed by atoms with Crippen molar-refractivity contribution in [3.8, 4) is 6.07 Å². The Morgan fingerprint density at radius 1 is 1.33 bits per heavy atom. The van der Waals surface area contributed by atoms with E-state index >= 15 is 0 Å². The van der Waals surface area contributed by atoms with Crippen molar-refractivity contribution in [3.05, 3.63) is 54.1 Å². The summed E-state index contributed by atoms with van der Waals surface area (Å²) in [5, 5.41) is 8.96. The van der Waals surface area contributed by atoms with Crippen LogP contribution >= 0.6 is 0 Å². The standard InChI is InChI=1S/C14H16N4O2S/c15-10-13-4-1-2-5-14(13)11-21(19,20)17-6-3-8-18-9-7-16-12-18/h1-2,4-5,7,9,12,17H,3,6,8,11H2. The summed E-state index contributed by atoms with van der Waals surface area (Å²) in [5.74, 6) is -0.179. The van der Waals surface area contributed by atoms with E-state index in [1.54, 1.807) is 36.8 Å². The number of benzene rings is 1. The molecule has 0 amide bonds. The zero-order valence-corrected chi connectivity index (χ0v) is 12.3. The lowest BCUT2D eigenvalue weighted by Gasteiger charge is -2.08. The highest BCUT2D eigenvalue weighted by Gasteiger charge is 2.13. The maximum atomic E-state index is 12.0. The van der Waals surface area contributed by atoms with Gasteiger partial charge in [-0.1, -0.05) is 18.2 Å². The fourth-order valence-electron chi connectivity index (χ4n) is 1.92. The molecule has 0 atom stereocenters. The Bertz CT molecular complexity index is 718. The lowest BCUT2D eigenvalue weighted by molar-refractivity contribution is 0.569. The molecule has 1 heterocycles. The summed E-state index contributed by atoms with van der Waals surface area (Å²) in [6, 6.07) is 8.71. The second-order valence-electron chi connectivity index (χ2n) is 4.58. The van der Waals surface area contributed by atoms with E-state index in [4.69, 9.17) is 5.26 Å². The van der Waals surface area contributed by atoms with Crippen LogP contribution in [0, 0.1) is 11.3 Å². The number of hydrogen-bond donors (Lipinski definition) is 1. The third-order valence-corrected chi connectivity index (χ3v) is 4.29. The zero-order valence-electron chi connectivity index (χ0n) is 11.4. The van der Waals surface area contributed by atoms with E-state index in [1.165, 1.54) is 0 Å². The van der Waals surface area contributed by atoms with Crippen molar-refractivity contribution >= 4 is 10.0 Å². The van der Waals surface area contributed by atoms with Crippen LogP contribution in [0.5, 0.6) is 0 Å². The van der Waals surface area contributed by atoms with Gasteiger partial charge in [0, 0.05) is 25.5 Å². The molecule has 6 nitrogen and oxygen atoms in total. The Kier molecular flexibility index (Phi) is 5.09. The maximum Gasteiger partial charge on any atom is 0.215 e. The first kappa shape index (κ1) is 15.2. The summed E-state index contributed by atoms with van der Waals surface area (Å²) < 4.78 is 28.4. The summed E-state index contributed by atoms with van der Waals surface area (Å²) in [5.41, 5.74) is 0.906. The quantitative estimate of drug-likeness (QED) is 0.780. The highest BCUT2D eigenvalue weighted by molar-refractivity contribution is 7.88. The van der Waals surface area contributed by atoms with Crippen LogP contribution in [0.2, 0.25) is 0 Å². The van der Waals surface area contributed by atoms with Crippen LogP contribution in [0.1, 0.15) is 17.5 Å². The molecular formula is C14H16N4O2S. The van der Waals surface area contributed by atoms with Crippen molar-refractivity contribution in [3.63, 3.8) is 0 Å². The Balaban J connectivity index is 1.86. The Labute approximate surface area is 124 Å². The van der Waals surface area contributed by atoms with Crippen LogP contribution in [-0.2, 0) is 22.3 Å². The van der Waals surface area contributed by atoms with E-state index in [1.807, 2.05) is 16.8 Å². The van der Waals surface area contributed by atoms with Gasteiger partial charge in [0.15, 0.2) is 0 Å². The molecule has 2 rings (SSSR count). The Morgan fingerprint density at radius 2 is 2.14 bits per heavy atom. The van der Waals surface area contributed by atoms with E-state index < -0.39 is 10.0 Å². The number of rotatable bonds is 7. The van der Waals surface area contributed by atoms with Crippen LogP contribution in [0.25, 0.3) is 0 Å². The monoisotopic (exact) mass is 304 g/mol. The molecular weight excluding hydrogens is 288 g/mol. The number of nitrogens with zero attached hydrogens (tertiary/aromatic N) is 3. The molecule has 0 unspecified atom stereocenters. The van der Waals surface area contributed by atoms with Crippen LogP contribution < -0.4 is 4.72 Å². The van der Waals surface area contributed by atoms with Gasteiger partial charge in [-0.3, -0.25) is 0 Å². The first-order valence-electron chi connectivity index (χ1n) is 6.52. The summed E-state index contributed by atoms with van der Waals surface area (Å²) in [7, 11) is -3.43. The van der Waals surface area contributed by atoms with Crippen molar-refractivity contribution in [1.29, 1.82) is 5.26 Å². The van der Waals surface area contributed by atoms with Crippen LogP contribution in [0.3, 0.4) is 0 Å². The van der Waals surface area contributed by atoms with Crippen molar-refractivity contribution in [2.45, 2.75) is 18.7 Å². The molecule has 2 aromatic rings. The second-order valence-corrected chi connectivity index (χ2v) is 6.38. The van der Waals surface area contributed by atoms with Crippen LogP contribution in [-0.4, -0.2) is 24.5 Å². The Hall–Kier alpha value is -2.17. The summed E-state index contributed by atoms with van der Waals surface area (Å²) in [4.78, 5) is 3.92. The molecule has 0 saturated heterocycles. The molecule has 1 N–H and O–H groups in total. The van der Waals surface area contributed by atoms with E-state index in [-0.39, 0.29) is 5.75 Å². The highest BCUT2D eigenvalue weighted by Crippen LogP contribution is 2.10. The van der Waals surface area contributed by atoms with Gasteiger partial charge < -0.3 is 4.57 Å².